The van der Waals surface area contributed by atoms with Gasteiger partial charge in [-0.3, -0.25) is 10.4 Å². The Kier molecular flexibility index (Phi) is 5.57. The molecule has 2 aromatic carbocycles. The average Bonchev–Trinajstić information content (AvgIpc) is 2.53. The van der Waals surface area contributed by atoms with Crippen LogP contribution >= 0.6 is 31.9 Å². The minimum atomic E-state index is -0.479. The summed E-state index contributed by atoms with van der Waals surface area (Å²) >= 11 is 6.69. The predicted molar refractivity (Wildman–Crippen MR) is 92.8 cm³/mol. The molecule has 0 amide bonds. The second-order valence-electron chi connectivity index (χ2n) is 4.21. The molecular formula is C14H10Br2N2O4-2. The van der Waals surface area contributed by atoms with Gasteiger partial charge in [-0.05, 0) is 44.0 Å². The molecule has 2 N–H and O–H groups in total. The van der Waals surface area contributed by atoms with E-state index >= 15 is 0 Å². The predicted octanol–water partition coefficient (Wildman–Crippen LogP) is 4.69. The molecule has 0 heterocycles. The topological polar surface area (TPSA) is 93.1 Å². The SMILES string of the molecule is [O-]N([O-])c1ccccc1C(Br)=C(Br)c1ccccc1N(O)O. The summed E-state index contributed by atoms with van der Waals surface area (Å²) in [5.41, 5.74) is 0.896. The van der Waals surface area contributed by atoms with Crippen LogP contribution in [0, 0.1) is 10.4 Å². The van der Waals surface area contributed by atoms with E-state index in [4.69, 9.17) is 0 Å². The van der Waals surface area contributed by atoms with Crippen LogP contribution in [0.15, 0.2) is 48.5 Å². The fourth-order valence-corrected chi connectivity index (χ4v) is 2.99. The standard InChI is InChI=1S/C14H10Br2N2O4/c15-13(9-5-1-3-7-11(9)17(19)20)14(16)10-6-2-4-8-12(10)18(21)22/h1-8,19-20H/q-2. The lowest BCUT2D eigenvalue weighted by Crippen LogP contribution is -2.12. The van der Waals surface area contributed by atoms with Crippen LogP contribution < -0.4 is 10.5 Å². The molecule has 0 bridgehead atoms. The van der Waals surface area contributed by atoms with E-state index in [-0.39, 0.29) is 16.6 Å². The molecule has 0 unspecified atom stereocenters. The number of hydrogen-bond acceptors (Lipinski definition) is 6. The molecule has 0 aliphatic rings. The molecule has 0 radical (unpaired) electrons. The van der Waals surface area contributed by atoms with Crippen LogP contribution in [-0.4, -0.2) is 10.4 Å². The molecular weight excluding hydrogens is 420 g/mol. The average molecular weight is 430 g/mol. The van der Waals surface area contributed by atoms with E-state index in [2.05, 4.69) is 31.9 Å². The molecule has 116 valence electrons. The number of hydrogen-bond donors (Lipinski definition) is 2. The Bertz CT molecular complexity index is 645. The van der Waals surface area contributed by atoms with E-state index in [0.717, 1.165) is 0 Å². The van der Waals surface area contributed by atoms with Gasteiger partial charge >= 0.3 is 0 Å². The number of nitrogens with zero attached hydrogens (tertiary/aromatic N) is 2. The molecule has 0 aliphatic heterocycles. The van der Waals surface area contributed by atoms with Gasteiger partial charge in [-0.15, -0.1) is 5.23 Å². The summed E-state index contributed by atoms with van der Waals surface area (Å²) in [7, 11) is 0. The van der Waals surface area contributed by atoms with Crippen molar-refractivity contribution < 1.29 is 10.4 Å². The summed E-state index contributed by atoms with van der Waals surface area (Å²) in [5, 5.41) is 40.3. The fraction of sp³-hybridized carbons (Fsp3) is 0. The molecule has 0 aromatic heterocycles. The second-order valence-corrected chi connectivity index (χ2v) is 5.79. The van der Waals surface area contributed by atoms with Crippen molar-refractivity contribution in [2.24, 2.45) is 0 Å². The third-order valence-corrected chi connectivity index (χ3v) is 5.07. The maximum absolute atomic E-state index is 11.1. The minimum absolute atomic E-state index is 0.00369. The molecule has 22 heavy (non-hydrogen) atoms. The fourth-order valence-electron chi connectivity index (χ4n) is 1.89. The van der Waals surface area contributed by atoms with Crippen molar-refractivity contribution >= 4 is 52.2 Å². The van der Waals surface area contributed by atoms with Gasteiger partial charge in [0.1, 0.15) is 5.69 Å². The van der Waals surface area contributed by atoms with Gasteiger partial charge in [0.25, 0.3) is 0 Å². The summed E-state index contributed by atoms with van der Waals surface area (Å²) < 4.78 is 0.875. The quantitative estimate of drug-likeness (QED) is 0.540. The zero-order chi connectivity index (χ0) is 16.3. The Balaban J connectivity index is 2.60. The highest BCUT2D eigenvalue weighted by atomic mass is 79.9. The summed E-state index contributed by atoms with van der Waals surface area (Å²) in [6.07, 6.45) is 0. The summed E-state index contributed by atoms with van der Waals surface area (Å²) in [5.74, 6) is 0. The molecule has 0 atom stereocenters. The smallest absolute Gasteiger partial charge is 0.103 e. The molecule has 0 aliphatic carbocycles. The van der Waals surface area contributed by atoms with Gasteiger partial charge < -0.3 is 15.6 Å². The Morgan fingerprint density at radius 3 is 1.64 bits per heavy atom. The first-order chi connectivity index (χ1) is 10.4. The number of halogens is 2. The third-order valence-electron chi connectivity index (χ3n) is 2.89. The lowest BCUT2D eigenvalue weighted by atomic mass is 10.1. The first-order valence-electron chi connectivity index (χ1n) is 6.00. The second kappa shape index (κ2) is 7.23. The number of para-hydroxylation sites is 2. The monoisotopic (exact) mass is 428 g/mol. The van der Waals surface area contributed by atoms with E-state index in [9.17, 15) is 20.8 Å². The van der Waals surface area contributed by atoms with Crippen LogP contribution in [0.25, 0.3) is 8.96 Å². The Hall–Kier alpha value is -1.42. The highest BCUT2D eigenvalue weighted by molar-refractivity contribution is 9.18. The molecule has 8 heteroatoms. The molecule has 6 nitrogen and oxygen atoms in total. The molecule has 0 fully saturated rings. The van der Waals surface area contributed by atoms with Crippen molar-refractivity contribution in [1.82, 2.24) is 0 Å². The lowest BCUT2D eigenvalue weighted by Gasteiger charge is -2.39. The largest absolute Gasteiger partial charge is 0.769 e. The Labute approximate surface area is 143 Å². The zero-order valence-electron chi connectivity index (χ0n) is 11.0. The van der Waals surface area contributed by atoms with Crippen LogP contribution in [0.3, 0.4) is 0 Å². The van der Waals surface area contributed by atoms with Crippen LogP contribution in [0.1, 0.15) is 11.1 Å². The highest BCUT2D eigenvalue weighted by Gasteiger charge is 2.14. The van der Waals surface area contributed by atoms with Crippen molar-refractivity contribution in [3.63, 3.8) is 0 Å². The lowest BCUT2D eigenvalue weighted by molar-refractivity contribution is 0.0290. The number of anilines is 2. The van der Waals surface area contributed by atoms with Crippen LogP contribution in [0.4, 0.5) is 11.4 Å². The first kappa shape index (κ1) is 16.9. The zero-order valence-corrected chi connectivity index (χ0v) is 14.2. The summed E-state index contributed by atoms with van der Waals surface area (Å²) in [4.78, 5) is 0. The van der Waals surface area contributed by atoms with Crippen LogP contribution in [0.5, 0.6) is 0 Å². The summed E-state index contributed by atoms with van der Waals surface area (Å²) in [6, 6.07) is 12.7. The molecule has 2 aromatic rings. The maximum Gasteiger partial charge on any atom is 0.103 e. The van der Waals surface area contributed by atoms with Crippen molar-refractivity contribution in [2.45, 2.75) is 0 Å². The Morgan fingerprint density at radius 2 is 1.18 bits per heavy atom. The van der Waals surface area contributed by atoms with Gasteiger partial charge in [-0.2, -0.15) is 0 Å². The Morgan fingerprint density at radius 1 is 0.773 bits per heavy atom. The van der Waals surface area contributed by atoms with E-state index < -0.39 is 5.23 Å². The molecule has 0 saturated carbocycles. The maximum atomic E-state index is 11.1. The van der Waals surface area contributed by atoms with Gasteiger partial charge in [-0.1, -0.05) is 36.4 Å². The van der Waals surface area contributed by atoms with Gasteiger partial charge in [-0.25, -0.2) is 0 Å². The van der Waals surface area contributed by atoms with Crippen molar-refractivity contribution in [2.75, 3.05) is 10.5 Å². The van der Waals surface area contributed by atoms with E-state index in [1.54, 1.807) is 36.4 Å². The molecule has 0 spiro atoms. The van der Waals surface area contributed by atoms with Crippen molar-refractivity contribution in [3.8, 4) is 0 Å². The van der Waals surface area contributed by atoms with Gasteiger partial charge in [0, 0.05) is 25.8 Å². The number of benzene rings is 2. The van der Waals surface area contributed by atoms with Gasteiger partial charge in [0.05, 0.1) is 0 Å². The van der Waals surface area contributed by atoms with Gasteiger partial charge in [0.15, 0.2) is 0 Å². The first-order valence-corrected chi connectivity index (χ1v) is 7.58. The van der Waals surface area contributed by atoms with Crippen molar-refractivity contribution in [1.29, 1.82) is 0 Å². The normalized spacial score (nSPS) is 11.9. The van der Waals surface area contributed by atoms with Crippen LogP contribution in [0.2, 0.25) is 0 Å². The van der Waals surface area contributed by atoms with E-state index in [1.807, 2.05) is 0 Å². The molecule has 0 saturated heterocycles. The highest BCUT2D eigenvalue weighted by Crippen LogP contribution is 2.41. The third kappa shape index (κ3) is 3.49. The van der Waals surface area contributed by atoms with Crippen molar-refractivity contribution in [3.05, 3.63) is 70.1 Å². The van der Waals surface area contributed by atoms with E-state index in [0.29, 0.717) is 20.1 Å². The minimum Gasteiger partial charge on any atom is -0.769 e. The summed E-state index contributed by atoms with van der Waals surface area (Å²) in [6.45, 7) is 0. The van der Waals surface area contributed by atoms with Gasteiger partial charge in [0.2, 0.25) is 0 Å². The van der Waals surface area contributed by atoms with E-state index in [1.165, 1.54) is 12.1 Å². The molecule has 2 rings (SSSR count). The number of rotatable bonds is 4. The van der Waals surface area contributed by atoms with Crippen LogP contribution in [-0.2, 0) is 0 Å².